The van der Waals surface area contributed by atoms with Crippen molar-refractivity contribution in [2.75, 3.05) is 19.7 Å². The van der Waals surface area contributed by atoms with Crippen LogP contribution in [-0.4, -0.2) is 41.9 Å². The van der Waals surface area contributed by atoms with Crippen molar-refractivity contribution < 1.29 is 9.53 Å². The average molecular weight is 266 g/mol. The topological polar surface area (TPSA) is 79.0 Å². The molecular formula is C13H22N4O2. The minimum Gasteiger partial charge on any atom is -0.378 e. The Balaban J connectivity index is 1.58. The molecule has 0 saturated carbocycles. The van der Waals surface area contributed by atoms with Crippen LogP contribution in [0.25, 0.3) is 0 Å². The summed E-state index contributed by atoms with van der Waals surface area (Å²) in [5.41, 5.74) is 2.01. The summed E-state index contributed by atoms with van der Waals surface area (Å²) in [6, 6.07) is 0. The van der Waals surface area contributed by atoms with Gasteiger partial charge in [-0.3, -0.25) is 9.89 Å². The van der Waals surface area contributed by atoms with Gasteiger partial charge < -0.3 is 15.4 Å². The quantitative estimate of drug-likeness (QED) is 0.700. The zero-order valence-corrected chi connectivity index (χ0v) is 11.4. The van der Waals surface area contributed by atoms with Crippen molar-refractivity contribution in [2.45, 2.75) is 38.8 Å². The van der Waals surface area contributed by atoms with E-state index in [2.05, 4.69) is 20.8 Å². The molecule has 2 rings (SSSR count). The molecule has 0 aromatic carbocycles. The fraction of sp³-hybridized carbons (Fsp3) is 0.692. The molecule has 1 aromatic heterocycles. The lowest BCUT2D eigenvalue weighted by molar-refractivity contribution is -0.122. The number of ether oxygens (including phenoxy) is 1. The molecule has 106 valence electrons. The van der Waals surface area contributed by atoms with Gasteiger partial charge in [-0.15, -0.1) is 0 Å². The zero-order valence-electron chi connectivity index (χ0n) is 11.4. The van der Waals surface area contributed by atoms with Gasteiger partial charge >= 0.3 is 0 Å². The maximum absolute atomic E-state index is 11.7. The normalized spacial score (nSPS) is 16.5. The Morgan fingerprint density at radius 2 is 2.32 bits per heavy atom. The van der Waals surface area contributed by atoms with Crippen molar-refractivity contribution in [1.29, 1.82) is 0 Å². The largest absolute Gasteiger partial charge is 0.378 e. The molecule has 0 aliphatic carbocycles. The molecule has 1 amide bonds. The maximum atomic E-state index is 11.7. The van der Waals surface area contributed by atoms with Crippen LogP contribution in [0.2, 0.25) is 0 Å². The highest BCUT2D eigenvalue weighted by Gasteiger charge is 2.13. The number of amides is 1. The van der Waals surface area contributed by atoms with E-state index in [0.717, 1.165) is 37.2 Å². The summed E-state index contributed by atoms with van der Waals surface area (Å²) in [6.45, 7) is 4.98. The Hall–Kier alpha value is -1.40. The fourth-order valence-corrected chi connectivity index (χ4v) is 2.12. The Kier molecular flexibility index (Phi) is 5.35. The van der Waals surface area contributed by atoms with Crippen LogP contribution in [0, 0.1) is 6.92 Å². The second-order valence-corrected chi connectivity index (χ2v) is 4.87. The molecule has 3 N–H and O–H groups in total. The minimum absolute atomic E-state index is 0.0227. The maximum Gasteiger partial charge on any atom is 0.222 e. The van der Waals surface area contributed by atoms with Crippen LogP contribution in [0.3, 0.4) is 0 Å². The number of aromatic amines is 1. The average Bonchev–Trinajstić information content (AvgIpc) is 2.83. The monoisotopic (exact) mass is 266 g/mol. The summed E-state index contributed by atoms with van der Waals surface area (Å²) >= 11 is 0. The number of carbonyl (C=O) groups excluding carboxylic acids is 1. The number of H-pyrrole nitrogens is 1. The first-order valence-corrected chi connectivity index (χ1v) is 6.83. The van der Waals surface area contributed by atoms with E-state index in [4.69, 9.17) is 4.74 Å². The van der Waals surface area contributed by atoms with Crippen LogP contribution in [0.15, 0.2) is 6.20 Å². The number of rotatable bonds is 6. The lowest BCUT2D eigenvalue weighted by Crippen LogP contribution is -2.33. The number of carbonyl (C=O) groups is 1. The van der Waals surface area contributed by atoms with Gasteiger partial charge in [-0.05, 0) is 32.9 Å². The summed E-state index contributed by atoms with van der Waals surface area (Å²) in [7, 11) is 0. The predicted molar refractivity (Wildman–Crippen MR) is 71.6 cm³/mol. The smallest absolute Gasteiger partial charge is 0.222 e. The number of aromatic nitrogens is 2. The van der Waals surface area contributed by atoms with Crippen molar-refractivity contribution >= 4 is 5.91 Å². The van der Waals surface area contributed by atoms with Crippen molar-refractivity contribution in [3.63, 3.8) is 0 Å². The molecule has 19 heavy (non-hydrogen) atoms. The lowest BCUT2D eigenvalue weighted by Gasteiger charge is -2.22. The molecule has 1 aliphatic heterocycles. The van der Waals surface area contributed by atoms with E-state index in [1.165, 1.54) is 0 Å². The third-order valence-electron chi connectivity index (χ3n) is 3.38. The van der Waals surface area contributed by atoms with E-state index in [0.29, 0.717) is 25.7 Å². The van der Waals surface area contributed by atoms with Crippen LogP contribution >= 0.6 is 0 Å². The van der Waals surface area contributed by atoms with Crippen LogP contribution in [0.5, 0.6) is 0 Å². The summed E-state index contributed by atoms with van der Waals surface area (Å²) < 4.78 is 5.70. The Morgan fingerprint density at radius 1 is 1.53 bits per heavy atom. The molecule has 6 heteroatoms. The zero-order chi connectivity index (χ0) is 13.5. The molecule has 1 aliphatic rings. The van der Waals surface area contributed by atoms with Crippen LogP contribution < -0.4 is 10.6 Å². The van der Waals surface area contributed by atoms with Crippen LogP contribution in [-0.2, 0) is 16.1 Å². The summed E-state index contributed by atoms with van der Waals surface area (Å²) in [5.74, 6) is 0.0227. The fourth-order valence-electron chi connectivity index (χ4n) is 2.12. The Morgan fingerprint density at radius 3 is 3.00 bits per heavy atom. The summed E-state index contributed by atoms with van der Waals surface area (Å²) in [5, 5.41) is 12.9. The molecule has 1 fully saturated rings. The van der Waals surface area contributed by atoms with Crippen molar-refractivity contribution in [2.24, 2.45) is 0 Å². The summed E-state index contributed by atoms with van der Waals surface area (Å²) in [4.78, 5) is 11.7. The van der Waals surface area contributed by atoms with E-state index < -0.39 is 0 Å². The molecule has 2 heterocycles. The molecule has 0 spiro atoms. The second-order valence-electron chi connectivity index (χ2n) is 4.87. The number of hydrogen-bond acceptors (Lipinski definition) is 4. The van der Waals surface area contributed by atoms with Crippen molar-refractivity contribution in [1.82, 2.24) is 20.8 Å². The first-order chi connectivity index (χ1) is 9.25. The minimum atomic E-state index is 0.0227. The van der Waals surface area contributed by atoms with Gasteiger partial charge in [0.15, 0.2) is 0 Å². The Labute approximate surface area is 113 Å². The van der Waals surface area contributed by atoms with Gasteiger partial charge in [0, 0.05) is 24.2 Å². The number of hydrogen-bond donors (Lipinski definition) is 3. The molecule has 1 aromatic rings. The van der Waals surface area contributed by atoms with Gasteiger partial charge in [-0.2, -0.15) is 5.10 Å². The standard InChI is InChI=1S/C13H22N4O2/c1-10-11(9-16-17-10)8-15-13(18)4-7-19-12-2-5-14-6-3-12/h9,12,14H,2-8H2,1H3,(H,15,18)(H,16,17). The number of aryl methyl sites for hydroxylation is 1. The summed E-state index contributed by atoms with van der Waals surface area (Å²) in [6.07, 6.45) is 4.54. The SMILES string of the molecule is Cc1[nH]ncc1CNC(=O)CCOC1CCNCC1. The Bertz CT molecular complexity index is 399. The number of piperidine rings is 1. The van der Waals surface area contributed by atoms with E-state index in [1.54, 1.807) is 6.20 Å². The first kappa shape index (κ1) is 14.0. The third-order valence-corrected chi connectivity index (χ3v) is 3.38. The molecule has 0 bridgehead atoms. The van der Waals surface area contributed by atoms with Gasteiger partial charge in [0.1, 0.15) is 0 Å². The van der Waals surface area contributed by atoms with E-state index in [9.17, 15) is 4.79 Å². The molecule has 0 atom stereocenters. The lowest BCUT2D eigenvalue weighted by atomic mass is 10.1. The molecule has 0 unspecified atom stereocenters. The molecule has 0 radical (unpaired) electrons. The van der Waals surface area contributed by atoms with Crippen molar-refractivity contribution in [3.05, 3.63) is 17.5 Å². The highest BCUT2D eigenvalue weighted by molar-refractivity contribution is 5.75. The van der Waals surface area contributed by atoms with Crippen molar-refractivity contribution in [3.8, 4) is 0 Å². The van der Waals surface area contributed by atoms with E-state index in [-0.39, 0.29) is 5.91 Å². The predicted octanol–water partition coefficient (Wildman–Crippen LogP) is 0.493. The second kappa shape index (κ2) is 7.25. The number of nitrogens with one attached hydrogen (secondary N) is 3. The number of nitrogens with zero attached hydrogens (tertiary/aromatic N) is 1. The van der Waals surface area contributed by atoms with Gasteiger partial charge in [-0.1, -0.05) is 0 Å². The molecule has 1 saturated heterocycles. The van der Waals surface area contributed by atoms with Gasteiger partial charge in [-0.25, -0.2) is 0 Å². The van der Waals surface area contributed by atoms with E-state index in [1.807, 2.05) is 6.92 Å². The third kappa shape index (κ3) is 4.65. The van der Waals surface area contributed by atoms with E-state index >= 15 is 0 Å². The van der Waals surface area contributed by atoms with Crippen LogP contribution in [0.4, 0.5) is 0 Å². The first-order valence-electron chi connectivity index (χ1n) is 6.83. The van der Waals surface area contributed by atoms with Gasteiger partial charge in [0.05, 0.1) is 18.9 Å². The van der Waals surface area contributed by atoms with Gasteiger partial charge in [0.2, 0.25) is 5.91 Å². The highest BCUT2D eigenvalue weighted by Crippen LogP contribution is 2.07. The van der Waals surface area contributed by atoms with Gasteiger partial charge in [0.25, 0.3) is 0 Å². The highest BCUT2D eigenvalue weighted by atomic mass is 16.5. The van der Waals surface area contributed by atoms with Crippen LogP contribution in [0.1, 0.15) is 30.5 Å². The molecule has 6 nitrogen and oxygen atoms in total. The molecular weight excluding hydrogens is 244 g/mol.